The van der Waals surface area contributed by atoms with E-state index < -0.39 is 6.04 Å². The number of aryl methyl sites for hydroxylation is 1. The molecule has 7 nitrogen and oxygen atoms in total. The van der Waals surface area contributed by atoms with Crippen LogP contribution in [0.1, 0.15) is 36.1 Å². The summed E-state index contributed by atoms with van der Waals surface area (Å²) in [6, 6.07) is 9.37. The number of rotatable bonds is 6. The molecule has 1 aromatic carbocycles. The Kier molecular flexibility index (Phi) is 5.94. The average Bonchev–Trinajstić information content (AvgIpc) is 3.49. The van der Waals surface area contributed by atoms with E-state index in [4.69, 9.17) is 4.52 Å². The fourth-order valence-corrected chi connectivity index (χ4v) is 4.54. The van der Waals surface area contributed by atoms with Gasteiger partial charge in [0.1, 0.15) is 22.5 Å². The van der Waals surface area contributed by atoms with E-state index in [1.807, 2.05) is 42.6 Å². The SMILES string of the molecule is CC(=O)N1CCCC1C(=O)N(Cc1nccs1)Cc1c(-c2ccccc2)noc1C. The van der Waals surface area contributed by atoms with Gasteiger partial charge in [0, 0.05) is 36.2 Å². The van der Waals surface area contributed by atoms with Crippen LogP contribution in [0.2, 0.25) is 0 Å². The van der Waals surface area contributed by atoms with Crippen LogP contribution in [0.15, 0.2) is 46.4 Å². The fraction of sp³-hybridized carbons (Fsp3) is 0.364. The molecule has 30 heavy (non-hydrogen) atoms. The van der Waals surface area contributed by atoms with Gasteiger partial charge in [-0.25, -0.2) is 4.98 Å². The monoisotopic (exact) mass is 424 g/mol. The van der Waals surface area contributed by atoms with Gasteiger partial charge in [-0.05, 0) is 19.8 Å². The minimum atomic E-state index is -0.428. The first-order valence-corrected chi connectivity index (χ1v) is 10.9. The van der Waals surface area contributed by atoms with Gasteiger partial charge in [-0.15, -0.1) is 11.3 Å². The summed E-state index contributed by atoms with van der Waals surface area (Å²) in [6.07, 6.45) is 3.25. The third-order valence-electron chi connectivity index (χ3n) is 5.44. The molecule has 3 heterocycles. The third-order valence-corrected chi connectivity index (χ3v) is 6.21. The summed E-state index contributed by atoms with van der Waals surface area (Å²) in [5.74, 6) is 0.560. The van der Waals surface area contributed by atoms with Crippen LogP contribution in [0.4, 0.5) is 0 Å². The number of likely N-dealkylation sites (tertiary alicyclic amines) is 1. The van der Waals surface area contributed by atoms with Gasteiger partial charge in [-0.2, -0.15) is 0 Å². The maximum absolute atomic E-state index is 13.5. The summed E-state index contributed by atoms with van der Waals surface area (Å²) in [4.78, 5) is 33.4. The molecule has 156 valence electrons. The number of aromatic nitrogens is 2. The first-order valence-electron chi connectivity index (χ1n) is 9.99. The first kappa shape index (κ1) is 20.3. The molecule has 0 spiro atoms. The van der Waals surface area contributed by atoms with Gasteiger partial charge in [0.15, 0.2) is 0 Å². The molecule has 0 saturated carbocycles. The van der Waals surface area contributed by atoms with Crippen molar-refractivity contribution in [3.05, 3.63) is 58.2 Å². The van der Waals surface area contributed by atoms with Crippen molar-refractivity contribution >= 4 is 23.2 Å². The molecule has 0 N–H and O–H groups in total. The average molecular weight is 425 g/mol. The van der Waals surface area contributed by atoms with Crippen molar-refractivity contribution in [2.24, 2.45) is 0 Å². The highest BCUT2D eigenvalue weighted by molar-refractivity contribution is 7.09. The van der Waals surface area contributed by atoms with Gasteiger partial charge in [0.2, 0.25) is 11.8 Å². The normalized spacial score (nSPS) is 16.1. The summed E-state index contributed by atoms with van der Waals surface area (Å²) in [7, 11) is 0. The molecule has 1 unspecified atom stereocenters. The zero-order valence-electron chi connectivity index (χ0n) is 17.1. The molecule has 4 rings (SSSR count). The standard InChI is InChI=1S/C22H24N4O3S/c1-15-18(21(24-29-15)17-7-4-3-5-8-17)13-25(14-20-23-10-12-30-20)22(28)19-9-6-11-26(19)16(2)27/h3-5,7-8,10,12,19H,6,9,11,13-14H2,1-2H3. The van der Waals surface area contributed by atoms with E-state index in [0.29, 0.717) is 31.8 Å². The molecular formula is C22H24N4O3S. The number of carbonyl (C=O) groups is 2. The summed E-state index contributed by atoms with van der Waals surface area (Å²) >= 11 is 1.51. The maximum atomic E-state index is 13.5. The number of hydrogen-bond acceptors (Lipinski definition) is 6. The van der Waals surface area contributed by atoms with Crippen LogP contribution < -0.4 is 0 Å². The van der Waals surface area contributed by atoms with Crippen LogP contribution in [-0.4, -0.2) is 44.3 Å². The Labute approximate surface area is 179 Å². The zero-order chi connectivity index (χ0) is 21.1. The lowest BCUT2D eigenvalue weighted by atomic mass is 10.1. The van der Waals surface area contributed by atoms with Crippen molar-refractivity contribution in [3.63, 3.8) is 0 Å². The molecular weight excluding hydrogens is 400 g/mol. The smallest absolute Gasteiger partial charge is 0.246 e. The third kappa shape index (κ3) is 4.14. The molecule has 1 fully saturated rings. The van der Waals surface area contributed by atoms with Crippen molar-refractivity contribution in [2.45, 2.75) is 45.8 Å². The molecule has 3 aromatic rings. The highest BCUT2D eigenvalue weighted by Gasteiger charge is 2.36. The summed E-state index contributed by atoms with van der Waals surface area (Å²) in [5.41, 5.74) is 2.55. The van der Waals surface area contributed by atoms with Crippen LogP contribution in [0, 0.1) is 6.92 Å². The van der Waals surface area contributed by atoms with Crippen LogP contribution >= 0.6 is 11.3 Å². The van der Waals surface area contributed by atoms with Crippen molar-refractivity contribution in [3.8, 4) is 11.3 Å². The number of benzene rings is 1. The molecule has 0 bridgehead atoms. The van der Waals surface area contributed by atoms with Gasteiger partial charge in [0.05, 0.1) is 13.1 Å². The molecule has 1 saturated heterocycles. The summed E-state index contributed by atoms with van der Waals surface area (Å²) in [6.45, 7) is 4.74. The number of carbonyl (C=O) groups excluding carboxylic acids is 2. The van der Waals surface area contributed by atoms with E-state index in [0.717, 1.165) is 28.2 Å². The maximum Gasteiger partial charge on any atom is 0.246 e. The molecule has 0 radical (unpaired) electrons. The second-order valence-corrected chi connectivity index (χ2v) is 8.40. The van der Waals surface area contributed by atoms with E-state index >= 15 is 0 Å². The predicted octanol–water partition coefficient (Wildman–Crippen LogP) is 3.65. The number of thiazole rings is 1. The Hall–Kier alpha value is -3.00. The van der Waals surface area contributed by atoms with Crippen molar-refractivity contribution < 1.29 is 14.1 Å². The largest absolute Gasteiger partial charge is 0.361 e. The van der Waals surface area contributed by atoms with Gasteiger partial charge >= 0.3 is 0 Å². The van der Waals surface area contributed by atoms with Gasteiger partial charge in [0.25, 0.3) is 0 Å². The Morgan fingerprint density at radius 3 is 2.77 bits per heavy atom. The second-order valence-electron chi connectivity index (χ2n) is 7.42. The Balaban J connectivity index is 1.65. The minimum Gasteiger partial charge on any atom is -0.361 e. The summed E-state index contributed by atoms with van der Waals surface area (Å²) < 4.78 is 5.49. The fourth-order valence-electron chi connectivity index (χ4n) is 3.91. The van der Waals surface area contributed by atoms with Crippen molar-refractivity contribution in [1.82, 2.24) is 19.9 Å². The lowest BCUT2D eigenvalue weighted by molar-refractivity contribution is -0.143. The van der Waals surface area contributed by atoms with Crippen LogP contribution in [-0.2, 0) is 22.7 Å². The molecule has 8 heteroatoms. The number of nitrogens with zero attached hydrogens (tertiary/aromatic N) is 4. The van der Waals surface area contributed by atoms with E-state index in [1.54, 1.807) is 16.0 Å². The lowest BCUT2D eigenvalue weighted by Crippen LogP contribution is -2.46. The van der Waals surface area contributed by atoms with E-state index in [9.17, 15) is 9.59 Å². The Bertz CT molecular complexity index is 1020. The zero-order valence-corrected chi connectivity index (χ0v) is 17.9. The molecule has 2 aromatic heterocycles. The van der Waals surface area contributed by atoms with Crippen LogP contribution in [0.25, 0.3) is 11.3 Å². The first-order chi connectivity index (χ1) is 14.5. The van der Waals surface area contributed by atoms with E-state index in [-0.39, 0.29) is 11.8 Å². The molecule has 1 aliphatic rings. The van der Waals surface area contributed by atoms with Crippen molar-refractivity contribution in [2.75, 3.05) is 6.54 Å². The van der Waals surface area contributed by atoms with Gasteiger partial charge < -0.3 is 14.3 Å². The molecule has 0 aliphatic carbocycles. The highest BCUT2D eigenvalue weighted by Crippen LogP contribution is 2.28. The molecule has 1 aliphatic heterocycles. The van der Waals surface area contributed by atoms with Crippen LogP contribution in [0.3, 0.4) is 0 Å². The number of hydrogen-bond donors (Lipinski definition) is 0. The molecule has 1 atom stereocenters. The van der Waals surface area contributed by atoms with Gasteiger partial charge in [-0.1, -0.05) is 35.5 Å². The van der Waals surface area contributed by atoms with Crippen molar-refractivity contribution in [1.29, 1.82) is 0 Å². The highest BCUT2D eigenvalue weighted by atomic mass is 32.1. The van der Waals surface area contributed by atoms with E-state index in [1.165, 1.54) is 18.3 Å². The Morgan fingerprint density at radius 1 is 1.27 bits per heavy atom. The predicted molar refractivity (Wildman–Crippen MR) is 113 cm³/mol. The Morgan fingerprint density at radius 2 is 2.07 bits per heavy atom. The number of amides is 2. The van der Waals surface area contributed by atoms with Gasteiger partial charge in [-0.3, -0.25) is 9.59 Å². The lowest BCUT2D eigenvalue weighted by Gasteiger charge is -2.29. The summed E-state index contributed by atoms with van der Waals surface area (Å²) in [5, 5.41) is 7.00. The van der Waals surface area contributed by atoms with E-state index in [2.05, 4.69) is 10.1 Å². The second kappa shape index (κ2) is 8.79. The minimum absolute atomic E-state index is 0.0579. The van der Waals surface area contributed by atoms with Crippen LogP contribution in [0.5, 0.6) is 0 Å². The molecule has 2 amide bonds. The quantitative estimate of drug-likeness (QED) is 0.604. The topological polar surface area (TPSA) is 79.5 Å².